The predicted molar refractivity (Wildman–Crippen MR) is 154 cm³/mol. The molecular formula is C28H22N8O5S. The maximum absolute atomic E-state index is 13.2. The fraction of sp³-hybridized carbons (Fsp3) is 0.143. The van der Waals surface area contributed by atoms with E-state index in [9.17, 15) is 29.2 Å². The molecule has 1 amide bonds. The molecule has 5 rings (SSSR count). The molecule has 42 heavy (non-hydrogen) atoms. The van der Waals surface area contributed by atoms with Crippen LogP contribution >= 0.6 is 11.8 Å². The minimum Gasteiger partial charge on any atom is -0.325 e. The number of hydrogen-bond acceptors (Lipinski definition) is 9. The highest BCUT2D eigenvalue weighted by Gasteiger charge is 2.23. The Balaban J connectivity index is 1.60. The van der Waals surface area contributed by atoms with E-state index in [0.29, 0.717) is 16.8 Å². The Hall–Kier alpha value is -5.55. The molecule has 0 fully saturated rings. The first-order valence-electron chi connectivity index (χ1n) is 12.4. The summed E-state index contributed by atoms with van der Waals surface area (Å²) in [6.07, 6.45) is 0. The molecule has 2 aromatic carbocycles. The molecule has 210 valence electrons. The van der Waals surface area contributed by atoms with Crippen molar-refractivity contribution in [2.24, 2.45) is 14.1 Å². The van der Waals surface area contributed by atoms with Gasteiger partial charge in [-0.25, -0.2) is 14.8 Å². The molecule has 0 saturated carbocycles. The van der Waals surface area contributed by atoms with Crippen LogP contribution in [0, 0.1) is 11.3 Å². The number of aromatic nitrogens is 6. The molecule has 0 aliphatic heterocycles. The number of nitrogens with one attached hydrogen (secondary N) is 2. The lowest BCUT2D eigenvalue weighted by molar-refractivity contribution is -0.116. The third-order valence-electron chi connectivity index (χ3n) is 6.43. The van der Waals surface area contributed by atoms with Gasteiger partial charge in [0.15, 0.2) is 27.3 Å². The second-order valence-electron chi connectivity index (χ2n) is 9.21. The first-order chi connectivity index (χ1) is 20.1. The first-order valence-corrected chi connectivity index (χ1v) is 13.3. The molecule has 5 aromatic rings. The number of Topliss-reactive ketones (excluding diaryl/α,β-unsaturated/α-hetero) is 1. The van der Waals surface area contributed by atoms with Gasteiger partial charge in [-0.05, 0) is 43.0 Å². The summed E-state index contributed by atoms with van der Waals surface area (Å²) in [6, 6.07) is 16.9. The number of hydrogen-bond donors (Lipinski definition) is 2. The summed E-state index contributed by atoms with van der Waals surface area (Å²) in [5.74, 6) is -0.639. The van der Waals surface area contributed by atoms with E-state index in [1.807, 2.05) is 6.07 Å². The van der Waals surface area contributed by atoms with E-state index in [4.69, 9.17) is 0 Å². The third-order valence-corrected chi connectivity index (χ3v) is 7.32. The molecule has 0 bridgehead atoms. The Morgan fingerprint density at radius 2 is 1.69 bits per heavy atom. The summed E-state index contributed by atoms with van der Waals surface area (Å²) >= 11 is 0.859. The zero-order chi connectivity index (χ0) is 30.1. The molecular weight excluding hydrogens is 560 g/mol. The minimum atomic E-state index is -0.674. The molecule has 0 saturated heterocycles. The van der Waals surface area contributed by atoms with Gasteiger partial charge in [0.25, 0.3) is 11.1 Å². The maximum atomic E-state index is 13.2. The van der Waals surface area contributed by atoms with Gasteiger partial charge in [0.2, 0.25) is 5.91 Å². The normalized spacial score (nSPS) is 10.9. The average molecular weight is 583 g/mol. The number of benzene rings is 2. The van der Waals surface area contributed by atoms with Crippen molar-refractivity contribution in [2.75, 3.05) is 5.32 Å². The van der Waals surface area contributed by atoms with Crippen molar-refractivity contribution in [2.45, 2.75) is 23.8 Å². The fourth-order valence-corrected chi connectivity index (χ4v) is 5.13. The number of carbonyl (C=O) groups is 2. The summed E-state index contributed by atoms with van der Waals surface area (Å²) in [4.78, 5) is 74.9. The number of anilines is 1. The number of H-pyrrole nitrogens is 1. The van der Waals surface area contributed by atoms with Gasteiger partial charge < -0.3 is 9.88 Å². The highest BCUT2D eigenvalue weighted by atomic mass is 32.2. The molecule has 0 aliphatic rings. The Labute approximate surface area is 241 Å². The Morgan fingerprint density at radius 1 is 1.00 bits per heavy atom. The molecule has 0 unspecified atom stereocenters. The van der Waals surface area contributed by atoms with Crippen LogP contribution < -0.4 is 22.1 Å². The number of fused-ring (bicyclic) bond motifs is 1. The van der Waals surface area contributed by atoms with Crippen LogP contribution in [0.3, 0.4) is 0 Å². The van der Waals surface area contributed by atoms with Crippen LogP contribution in [0.1, 0.15) is 22.8 Å². The summed E-state index contributed by atoms with van der Waals surface area (Å²) in [5, 5.41) is 12.5. The molecule has 3 heterocycles. The molecule has 0 spiro atoms. The largest absolute Gasteiger partial charge is 0.332 e. The summed E-state index contributed by atoms with van der Waals surface area (Å²) in [6.45, 7) is 1.05. The Kier molecular flexibility index (Phi) is 7.43. The summed E-state index contributed by atoms with van der Waals surface area (Å²) in [7, 11) is 2.76. The molecule has 0 radical (unpaired) electrons. The van der Waals surface area contributed by atoms with E-state index in [1.165, 1.54) is 30.2 Å². The van der Waals surface area contributed by atoms with E-state index >= 15 is 0 Å². The third kappa shape index (κ3) is 5.16. The van der Waals surface area contributed by atoms with Gasteiger partial charge in [-0.3, -0.25) is 33.3 Å². The number of aryl methyl sites for hydroxylation is 1. The van der Waals surface area contributed by atoms with Gasteiger partial charge >= 0.3 is 5.69 Å². The minimum absolute atomic E-state index is 0.0107. The smallest absolute Gasteiger partial charge is 0.325 e. The van der Waals surface area contributed by atoms with Crippen molar-refractivity contribution in [3.63, 3.8) is 0 Å². The van der Waals surface area contributed by atoms with Crippen LogP contribution in [0.15, 0.2) is 79.3 Å². The van der Waals surface area contributed by atoms with Crippen molar-refractivity contribution >= 4 is 40.3 Å². The van der Waals surface area contributed by atoms with Crippen LogP contribution in [-0.4, -0.2) is 40.3 Å². The monoisotopic (exact) mass is 582 g/mol. The maximum Gasteiger partial charge on any atom is 0.332 e. The second-order valence-corrected chi connectivity index (χ2v) is 10.2. The van der Waals surface area contributed by atoms with Crippen molar-refractivity contribution < 1.29 is 9.59 Å². The molecule has 14 heteroatoms. The number of rotatable bonds is 7. The van der Waals surface area contributed by atoms with E-state index < -0.39 is 22.7 Å². The van der Waals surface area contributed by atoms with Gasteiger partial charge in [-0.15, -0.1) is 0 Å². The molecule has 0 atom stereocenters. The van der Waals surface area contributed by atoms with Crippen molar-refractivity contribution in [1.29, 1.82) is 5.26 Å². The number of carbonyl (C=O) groups excluding carboxylic acids is 2. The lowest BCUT2D eigenvalue weighted by atomic mass is 10.1. The van der Waals surface area contributed by atoms with Crippen LogP contribution in [0.4, 0.5) is 5.69 Å². The van der Waals surface area contributed by atoms with Crippen LogP contribution in [0.5, 0.6) is 0 Å². The van der Waals surface area contributed by atoms with Gasteiger partial charge in [0.05, 0.1) is 5.69 Å². The standard InChI is InChI=1S/C28H22N8O5S/c1-15(37)16-9-11-18(12-10-16)30-20(38)14-36-22-23(34(2)28(41)35(3)25(22)40)32-27(36)42-26-31-21(17-7-5-4-6-8-17)19(13-29)24(39)33-26/h4-12H,14H2,1-3H3,(H,30,38)(H,31,33,39). The van der Waals surface area contributed by atoms with Gasteiger partial charge in [0.1, 0.15) is 18.2 Å². The SMILES string of the molecule is CC(=O)c1ccc(NC(=O)Cn2c(Sc3nc(-c4ccccc4)c(C#N)c(=O)[nH]3)nc3c2c(=O)n(C)c(=O)n3C)cc1. The summed E-state index contributed by atoms with van der Waals surface area (Å²) < 4.78 is 3.42. The number of aromatic amines is 1. The highest BCUT2D eigenvalue weighted by molar-refractivity contribution is 7.99. The molecule has 13 nitrogen and oxygen atoms in total. The number of imidazole rings is 1. The van der Waals surface area contributed by atoms with Crippen molar-refractivity contribution in [1.82, 2.24) is 28.7 Å². The van der Waals surface area contributed by atoms with Crippen LogP contribution in [0.2, 0.25) is 0 Å². The molecule has 3 aromatic heterocycles. The first kappa shape index (κ1) is 28.0. The van der Waals surface area contributed by atoms with E-state index in [1.54, 1.807) is 54.6 Å². The summed E-state index contributed by atoms with van der Waals surface area (Å²) in [5.41, 5.74) is -0.504. The Morgan fingerprint density at radius 3 is 2.33 bits per heavy atom. The van der Waals surface area contributed by atoms with E-state index in [-0.39, 0.29) is 45.1 Å². The number of ketones is 1. The molecule has 0 aliphatic carbocycles. The zero-order valence-corrected chi connectivity index (χ0v) is 23.4. The van der Waals surface area contributed by atoms with Crippen molar-refractivity contribution in [3.8, 4) is 17.3 Å². The topological polar surface area (TPSA) is 178 Å². The van der Waals surface area contributed by atoms with Crippen LogP contribution in [0.25, 0.3) is 22.4 Å². The number of nitriles is 1. The quantitative estimate of drug-likeness (QED) is 0.215. The number of nitrogens with zero attached hydrogens (tertiary/aromatic N) is 6. The van der Waals surface area contributed by atoms with Gasteiger partial charge in [-0.1, -0.05) is 30.3 Å². The van der Waals surface area contributed by atoms with Crippen LogP contribution in [-0.2, 0) is 25.4 Å². The van der Waals surface area contributed by atoms with Gasteiger partial charge in [-0.2, -0.15) is 5.26 Å². The predicted octanol–water partition coefficient (Wildman–Crippen LogP) is 2.05. The van der Waals surface area contributed by atoms with E-state index in [2.05, 4.69) is 20.3 Å². The lowest BCUT2D eigenvalue weighted by Gasteiger charge is -2.11. The lowest BCUT2D eigenvalue weighted by Crippen LogP contribution is -2.37. The molecule has 2 N–H and O–H groups in total. The fourth-order valence-electron chi connectivity index (χ4n) is 4.28. The zero-order valence-electron chi connectivity index (χ0n) is 22.5. The Bertz CT molecular complexity index is 2100. The highest BCUT2D eigenvalue weighted by Crippen LogP contribution is 2.28. The second kappa shape index (κ2) is 11.1. The number of amides is 1. The van der Waals surface area contributed by atoms with E-state index in [0.717, 1.165) is 16.3 Å². The van der Waals surface area contributed by atoms with Crippen molar-refractivity contribution in [3.05, 3.63) is 96.9 Å². The average Bonchev–Trinajstić information content (AvgIpc) is 3.32. The van der Waals surface area contributed by atoms with Gasteiger partial charge in [0, 0.05) is 30.9 Å².